The number of nitrogens with one attached hydrogen (secondary N) is 1. The van der Waals surface area contributed by atoms with Gasteiger partial charge in [0.25, 0.3) is 0 Å². The topological polar surface area (TPSA) is 15.3 Å². The summed E-state index contributed by atoms with van der Waals surface area (Å²) in [5.74, 6) is 0. The third kappa shape index (κ3) is 2.16. The summed E-state index contributed by atoms with van der Waals surface area (Å²) in [4.78, 5) is 4.19. The van der Waals surface area contributed by atoms with Crippen molar-refractivity contribution in [1.29, 1.82) is 0 Å². The highest BCUT2D eigenvalue weighted by molar-refractivity contribution is 7.10. The molecule has 0 aromatic carbocycles. The fourth-order valence-corrected chi connectivity index (χ4v) is 4.45. The van der Waals surface area contributed by atoms with Crippen LogP contribution in [0, 0.1) is 6.92 Å². The van der Waals surface area contributed by atoms with Gasteiger partial charge in [-0.05, 0) is 56.7 Å². The van der Waals surface area contributed by atoms with Gasteiger partial charge in [0.2, 0.25) is 0 Å². The van der Waals surface area contributed by atoms with Gasteiger partial charge in [0.05, 0.1) is 0 Å². The molecule has 3 heterocycles. The third-order valence-electron chi connectivity index (χ3n) is 4.37. The molecule has 0 bridgehead atoms. The molecular formula is C14H22N2S. The zero-order valence-electron chi connectivity index (χ0n) is 10.8. The first-order valence-electron chi connectivity index (χ1n) is 6.80. The number of thiophene rings is 1. The van der Waals surface area contributed by atoms with Crippen molar-refractivity contribution >= 4 is 11.3 Å². The quantitative estimate of drug-likeness (QED) is 0.887. The Morgan fingerprint density at radius 1 is 1.41 bits per heavy atom. The molecule has 3 heteroatoms. The van der Waals surface area contributed by atoms with Crippen molar-refractivity contribution in [2.45, 2.75) is 51.2 Å². The van der Waals surface area contributed by atoms with Crippen LogP contribution in [0.4, 0.5) is 0 Å². The van der Waals surface area contributed by atoms with Gasteiger partial charge in [0, 0.05) is 29.5 Å². The minimum Gasteiger partial charge on any atom is -0.305 e. The molecule has 2 nitrogen and oxygen atoms in total. The van der Waals surface area contributed by atoms with Crippen molar-refractivity contribution in [3.05, 3.63) is 21.9 Å². The summed E-state index contributed by atoms with van der Waals surface area (Å²) in [6, 6.07) is 4.28. The lowest BCUT2D eigenvalue weighted by Gasteiger charge is -2.25. The molecule has 2 fully saturated rings. The molecule has 0 spiro atoms. The molecule has 1 aromatic heterocycles. The number of rotatable bonds is 3. The molecule has 0 radical (unpaired) electrons. The van der Waals surface area contributed by atoms with Crippen LogP contribution in [0.25, 0.3) is 0 Å². The Kier molecular flexibility index (Phi) is 3.24. The average molecular weight is 250 g/mol. The van der Waals surface area contributed by atoms with Crippen LogP contribution in [0.5, 0.6) is 0 Å². The molecule has 3 atom stereocenters. The molecule has 1 N–H and O–H groups in total. The van der Waals surface area contributed by atoms with Gasteiger partial charge < -0.3 is 5.32 Å². The van der Waals surface area contributed by atoms with Crippen LogP contribution in [-0.4, -0.2) is 30.1 Å². The lowest BCUT2D eigenvalue weighted by Crippen LogP contribution is -2.40. The Labute approximate surface area is 108 Å². The SMILES string of the molecule is Cc1ccsc1C(C)NC1CCN2CCCC12. The first-order valence-corrected chi connectivity index (χ1v) is 7.68. The predicted octanol–water partition coefficient (Wildman–Crippen LogP) is 2.94. The van der Waals surface area contributed by atoms with Gasteiger partial charge in [0.1, 0.15) is 0 Å². The minimum atomic E-state index is 0.514. The molecule has 2 aliphatic heterocycles. The van der Waals surface area contributed by atoms with Gasteiger partial charge in [-0.1, -0.05) is 0 Å². The van der Waals surface area contributed by atoms with Gasteiger partial charge in [-0.15, -0.1) is 11.3 Å². The number of hydrogen-bond donors (Lipinski definition) is 1. The van der Waals surface area contributed by atoms with Crippen molar-refractivity contribution in [1.82, 2.24) is 10.2 Å². The Bertz CT molecular complexity index is 387. The summed E-state index contributed by atoms with van der Waals surface area (Å²) >= 11 is 1.89. The fraction of sp³-hybridized carbons (Fsp3) is 0.714. The Morgan fingerprint density at radius 2 is 2.29 bits per heavy atom. The molecule has 2 saturated heterocycles. The van der Waals surface area contributed by atoms with E-state index in [2.05, 4.69) is 35.5 Å². The van der Waals surface area contributed by atoms with E-state index in [0.29, 0.717) is 12.1 Å². The Balaban J connectivity index is 1.65. The lowest BCUT2D eigenvalue weighted by atomic mass is 10.0. The van der Waals surface area contributed by atoms with E-state index in [-0.39, 0.29) is 0 Å². The lowest BCUT2D eigenvalue weighted by molar-refractivity contribution is 0.291. The minimum absolute atomic E-state index is 0.514. The van der Waals surface area contributed by atoms with Gasteiger partial charge >= 0.3 is 0 Å². The molecule has 0 saturated carbocycles. The molecule has 94 valence electrons. The largest absolute Gasteiger partial charge is 0.305 e. The van der Waals surface area contributed by atoms with E-state index in [4.69, 9.17) is 0 Å². The standard InChI is InChI=1S/C14H22N2S/c1-10-6-9-17-14(10)11(2)15-12-5-8-16-7-3-4-13(12)16/h6,9,11-13,15H,3-5,7-8H2,1-2H3. The Morgan fingerprint density at radius 3 is 3.06 bits per heavy atom. The maximum Gasteiger partial charge on any atom is 0.0391 e. The second-order valence-corrected chi connectivity index (χ2v) is 6.44. The molecular weight excluding hydrogens is 228 g/mol. The van der Waals surface area contributed by atoms with Crippen LogP contribution in [0.3, 0.4) is 0 Å². The van der Waals surface area contributed by atoms with Gasteiger partial charge in [-0.25, -0.2) is 0 Å². The molecule has 2 aliphatic rings. The van der Waals surface area contributed by atoms with E-state index >= 15 is 0 Å². The number of fused-ring (bicyclic) bond motifs is 1. The number of aryl methyl sites for hydroxylation is 1. The molecule has 0 aliphatic carbocycles. The zero-order chi connectivity index (χ0) is 11.8. The van der Waals surface area contributed by atoms with Gasteiger partial charge in [-0.2, -0.15) is 0 Å². The van der Waals surface area contributed by atoms with Crippen LogP contribution >= 0.6 is 11.3 Å². The molecule has 17 heavy (non-hydrogen) atoms. The highest BCUT2D eigenvalue weighted by atomic mass is 32.1. The third-order valence-corrected chi connectivity index (χ3v) is 5.57. The predicted molar refractivity (Wildman–Crippen MR) is 73.6 cm³/mol. The summed E-state index contributed by atoms with van der Waals surface area (Å²) in [6.45, 7) is 7.17. The zero-order valence-corrected chi connectivity index (χ0v) is 11.6. The van der Waals surface area contributed by atoms with Gasteiger partial charge in [-0.3, -0.25) is 4.90 Å². The van der Waals surface area contributed by atoms with E-state index in [1.807, 2.05) is 11.3 Å². The molecule has 3 unspecified atom stereocenters. The Hall–Kier alpha value is -0.380. The van der Waals surface area contributed by atoms with Crippen LogP contribution < -0.4 is 5.32 Å². The summed E-state index contributed by atoms with van der Waals surface area (Å²) in [7, 11) is 0. The van der Waals surface area contributed by atoms with Crippen LogP contribution in [0.15, 0.2) is 11.4 Å². The maximum atomic E-state index is 3.86. The van der Waals surface area contributed by atoms with E-state index in [1.54, 1.807) is 0 Å². The highest BCUT2D eigenvalue weighted by Gasteiger charge is 2.37. The smallest absolute Gasteiger partial charge is 0.0391 e. The molecule has 3 rings (SSSR count). The normalized spacial score (nSPS) is 30.7. The van der Waals surface area contributed by atoms with E-state index in [0.717, 1.165) is 6.04 Å². The van der Waals surface area contributed by atoms with Crippen LogP contribution in [0.1, 0.15) is 42.7 Å². The van der Waals surface area contributed by atoms with Crippen molar-refractivity contribution in [3.63, 3.8) is 0 Å². The van der Waals surface area contributed by atoms with Crippen molar-refractivity contribution in [2.75, 3.05) is 13.1 Å². The first kappa shape index (κ1) is 11.7. The molecule has 1 aromatic rings. The van der Waals surface area contributed by atoms with Crippen molar-refractivity contribution < 1.29 is 0 Å². The fourth-order valence-electron chi connectivity index (χ4n) is 3.50. The summed E-state index contributed by atoms with van der Waals surface area (Å²) in [6.07, 6.45) is 4.13. The van der Waals surface area contributed by atoms with Crippen molar-refractivity contribution in [2.24, 2.45) is 0 Å². The summed E-state index contributed by atoms with van der Waals surface area (Å²) in [5.41, 5.74) is 1.44. The second kappa shape index (κ2) is 4.71. The van der Waals surface area contributed by atoms with Crippen LogP contribution in [0.2, 0.25) is 0 Å². The van der Waals surface area contributed by atoms with E-state index in [1.165, 1.54) is 42.8 Å². The number of nitrogens with zero attached hydrogens (tertiary/aromatic N) is 1. The van der Waals surface area contributed by atoms with E-state index < -0.39 is 0 Å². The summed E-state index contributed by atoms with van der Waals surface area (Å²) in [5, 5.41) is 6.07. The number of hydrogen-bond acceptors (Lipinski definition) is 3. The van der Waals surface area contributed by atoms with E-state index in [9.17, 15) is 0 Å². The van der Waals surface area contributed by atoms with Crippen LogP contribution in [-0.2, 0) is 0 Å². The van der Waals surface area contributed by atoms with Crippen molar-refractivity contribution in [3.8, 4) is 0 Å². The molecule has 0 amide bonds. The average Bonchev–Trinajstić information content (AvgIpc) is 2.96. The summed E-state index contributed by atoms with van der Waals surface area (Å²) < 4.78 is 0. The monoisotopic (exact) mass is 250 g/mol. The highest BCUT2D eigenvalue weighted by Crippen LogP contribution is 2.31. The second-order valence-electron chi connectivity index (χ2n) is 5.50. The first-order chi connectivity index (χ1) is 8.25. The van der Waals surface area contributed by atoms with Gasteiger partial charge in [0.15, 0.2) is 0 Å². The maximum absolute atomic E-state index is 3.86.